The fraction of sp³-hybridized carbons (Fsp3) is 0.375. The molecule has 0 radical (unpaired) electrons. The molecule has 0 aromatic heterocycles. The number of rotatable bonds is 1. The Morgan fingerprint density at radius 3 is 3.00 bits per heavy atom. The Balaban J connectivity index is 2.42. The first kappa shape index (κ1) is 7.85. The van der Waals surface area contributed by atoms with Gasteiger partial charge in [0.1, 0.15) is 0 Å². The topological polar surface area (TPSA) is 29.5 Å². The van der Waals surface area contributed by atoms with Gasteiger partial charge in [0.25, 0.3) is 0 Å². The van der Waals surface area contributed by atoms with Gasteiger partial charge in [-0.25, -0.2) is 4.79 Å². The van der Waals surface area contributed by atoms with E-state index in [1.165, 1.54) is 4.90 Å². The van der Waals surface area contributed by atoms with Crippen molar-refractivity contribution in [1.29, 1.82) is 0 Å². The van der Waals surface area contributed by atoms with Crippen molar-refractivity contribution < 1.29 is 9.53 Å². The van der Waals surface area contributed by atoms with Crippen molar-refractivity contribution in [2.45, 2.75) is 6.92 Å². The monoisotopic (exact) mass is 153 g/mol. The number of ether oxygens (including phenoxy) is 1. The van der Waals surface area contributed by atoms with Gasteiger partial charge in [-0.1, -0.05) is 12.2 Å². The van der Waals surface area contributed by atoms with Crippen molar-refractivity contribution in [3.8, 4) is 0 Å². The van der Waals surface area contributed by atoms with E-state index in [-0.39, 0.29) is 6.09 Å². The van der Waals surface area contributed by atoms with Gasteiger partial charge in [0.15, 0.2) is 0 Å². The SMILES string of the molecule is CCOC(=O)N1C=CC=CC1. The molecule has 1 aliphatic heterocycles. The molecule has 3 nitrogen and oxygen atoms in total. The molecule has 3 heteroatoms. The molecule has 0 aromatic rings. The van der Waals surface area contributed by atoms with Gasteiger partial charge in [-0.3, -0.25) is 4.90 Å². The molecule has 0 unspecified atom stereocenters. The minimum Gasteiger partial charge on any atom is -0.449 e. The first-order valence-electron chi connectivity index (χ1n) is 3.61. The molecule has 0 N–H and O–H groups in total. The third kappa shape index (κ3) is 2.11. The first-order chi connectivity index (χ1) is 5.34. The van der Waals surface area contributed by atoms with Gasteiger partial charge in [0.2, 0.25) is 0 Å². The minimum absolute atomic E-state index is 0.284. The zero-order chi connectivity index (χ0) is 8.10. The van der Waals surface area contributed by atoms with E-state index in [4.69, 9.17) is 4.74 Å². The van der Waals surface area contributed by atoms with Crippen LogP contribution < -0.4 is 0 Å². The Kier molecular flexibility index (Phi) is 2.72. The lowest BCUT2D eigenvalue weighted by atomic mass is 10.4. The summed E-state index contributed by atoms with van der Waals surface area (Å²) < 4.78 is 4.78. The van der Waals surface area contributed by atoms with E-state index in [0.29, 0.717) is 13.2 Å². The molecule has 1 rings (SSSR count). The molecule has 1 aliphatic rings. The van der Waals surface area contributed by atoms with Crippen LogP contribution in [0.4, 0.5) is 4.79 Å². The number of nitrogens with zero attached hydrogens (tertiary/aromatic N) is 1. The van der Waals surface area contributed by atoms with E-state index < -0.39 is 0 Å². The van der Waals surface area contributed by atoms with Gasteiger partial charge >= 0.3 is 6.09 Å². The molecule has 1 amide bonds. The van der Waals surface area contributed by atoms with E-state index in [1.807, 2.05) is 12.2 Å². The molecule has 0 saturated carbocycles. The second-order valence-electron chi connectivity index (χ2n) is 2.12. The third-order valence-corrected chi connectivity index (χ3v) is 1.32. The second-order valence-corrected chi connectivity index (χ2v) is 2.12. The maximum Gasteiger partial charge on any atom is 0.414 e. The summed E-state index contributed by atoms with van der Waals surface area (Å²) >= 11 is 0. The molecule has 60 valence electrons. The number of amides is 1. The van der Waals surface area contributed by atoms with Crippen molar-refractivity contribution in [2.24, 2.45) is 0 Å². The maximum absolute atomic E-state index is 11.0. The third-order valence-electron chi connectivity index (χ3n) is 1.32. The van der Waals surface area contributed by atoms with Gasteiger partial charge in [0, 0.05) is 12.7 Å². The van der Waals surface area contributed by atoms with Crippen LogP contribution in [-0.4, -0.2) is 24.1 Å². The fourth-order valence-electron chi connectivity index (χ4n) is 0.809. The molecule has 1 heterocycles. The Morgan fingerprint density at radius 2 is 2.45 bits per heavy atom. The highest BCUT2D eigenvalue weighted by atomic mass is 16.6. The lowest BCUT2D eigenvalue weighted by molar-refractivity contribution is 0.125. The number of hydrogen-bond donors (Lipinski definition) is 0. The van der Waals surface area contributed by atoms with Crippen LogP contribution in [0.15, 0.2) is 24.4 Å². The summed E-state index contributed by atoms with van der Waals surface area (Å²) in [4.78, 5) is 12.5. The van der Waals surface area contributed by atoms with Crippen molar-refractivity contribution in [3.63, 3.8) is 0 Å². The largest absolute Gasteiger partial charge is 0.449 e. The summed E-state index contributed by atoms with van der Waals surface area (Å²) in [6, 6.07) is 0. The van der Waals surface area contributed by atoms with Gasteiger partial charge < -0.3 is 4.74 Å². The molecule has 0 saturated heterocycles. The predicted molar refractivity (Wildman–Crippen MR) is 42.0 cm³/mol. The molecular formula is C8H11NO2. The lowest BCUT2D eigenvalue weighted by Gasteiger charge is -2.16. The number of allylic oxidation sites excluding steroid dienone is 2. The second kappa shape index (κ2) is 3.81. The summed E-state index contributed by atoms with van der Waals surface area (Å²) in [6.45, 7) is 2.82. The molecule has 0 spiro atoms. The average Bonchev–Trinajstić information content (AvgIpc) is 2.07. The van der Waals surface area contributed by atoms with E-state index in [9.17, 15) is 4.79 Å². The smallest absolute Gasteiger partial charge is 0.414 e. The molecular weight excluding hydrogens is 142 g/mol. The summed E-state index contributed by atoms with van der Waals surface area (Å²) in [7, 11) is 0. The molecule has 0 bridgehead atoms. The van der Waals surface area contributed by atoms with Crippen LogP contribution in [0, 0.1) is 0 Å². The van der Waals surface area contributed by atoms with Gasteiger partial charge in [-0.2, -0.15) is 0 Å². The molecule has 0 fully saturated rings. The minimum atomic E-state index is -0.284. The summed E-state index contributed by atoms with van der Waals surface area (Å²) in [6.07, 6.45) is 7.03. The van der Waals surface area contributed by atoms with Crippen LogP contribution in [-0.2, 0) is 4.74 Å². The highest BCUT2D eigenvalue weighted by molar-refractivity contribution is 5.69. The maximum atomic E-state index is 11.0. The first-order valence-corrected chi connectivity index (χ1v) is 3.61. The number of carbonyl (C=O) groups excluding carboxylic acids is 1. The van der Waals surface area contributed by atoms with Crippen molar-refractivity contribution >= 4 is 6.09 Å². The quantitative estimate of drug-likeness (QED) is 0.571. The van der Waals surface area contributed by atoms with E-state index in [0.717, 1.165) is 0 Å². The summed E-state index contributed by atoms with van der Waals surface area (Å²) in [5, 5.41) is 0. The van der Waals surface area contributed by atoms with Crippen molar-refractivity contribution in [1.82, 2.24) is 4.90 Å². The van der Waals surface area contributed by atoms with E-state index in [1.54, 1.807) is 19.2 Å². The zero-order valence-electron chi connectivity index (χ0n) is 6.49. The van der Waals surface area contributed by atoms with E-state index in [2.05, 4.69) is 0 Å². The molecule has 0 atom stereocenters. The van der Waals surface area contributed by atoms with E-state index >= 15 is 0 Å². The number of carbonyl (C=O) groups is 1. The zero-order valence-corrected chi connectivity index (χ0v) is 6.49. The fourth-order valence-corrected chi connectivity index (χ4v) is 0.809. The highest BCUT2D eigenvalue weighted by Gasteiger charge is 2.09. The number of hydrogen-bond acceptors (Lipinski definition) is 2. The van der Waals surface area contributed by atoms with Crippen molar-refractivity contribution in [2.75, 3.05) is 13.2 Å². The highest BCUT2D eigenvalue weighted by Crippen LogP contribution is 2.00. The summed E-state index contributed by atoms with van der Waals surface area (Å²) in [5.74, 6) is 0. The standard InChI is InChI=1S/C8H11NO2/c1-2-11-8(10)9-6-4-3-5-7-9/h3-6H,2,7H2,1H3. The van der Waals surface area contributed by atoms with Crippen LogP contribution >= 0.6 is 0 Å². The van der Waals surface area contributed by atoms with Gasteiger partial charge in [0.05, 0.1) is 6.61 Å². The Bertz CT molecular complexity index is 196. The normalized spacial score (nSPS) is 15.2. The van der Waals surface area contributed by atoms with Crippen LogP contribution in [0.3, 0.4) is 0 Å². The Hall–Kier alpha value is -1.25. The van der Waals surface area contributed by atoms with Crippen LogP contribution in [0.1, 0.15) is 6.92 Å². The van der Waals surface area contributed by atoms with Crippen LogP contribution in [0.25, 0.3) is 0 Å². The van der Waals surface area contributed by atoms with Gasteiger partial charge in [-0.05, 0) is 13.0 Å². The van der Waals surface area contributed by atoms with Crippen LogP contribution in [0.2, 0.25) is 0 Å². The average molecular weight is 153 g/mol. The van der Waals surface area contributed by atoms with Crippen LogP contribution in [0.5, 0.6) is 0 Å². The molecule has 0 aromatic carbocycles. The van der Waals surface area contributed by atoms with Gasteiger partial charge in [-0.15, -0.1) is 0 Å². The Labute approximate surface area is 65.9 Å². The lowest BCUT2D eigenvalue weighted by Crippen LogP contribution is -2.27. The summed E-state index contributed by atoms with van der Waals surface area (Å²) in [5.41, 5.74) is 0. The Morgan fingerprint density at radius 1 is 1.64 bits per heavy atom. The van der Waals surface area contributed by atoms with Crippen molar-refractivity contribution in [3.05, 3.63) is 24.4 Å². The molecule has 11 heavy (non-hydrogen) atoms. The molecule has 0 aliphatic carbocycles. The predicted octanol–water partition coefficient (Wildman–Crippen LogP) is 1.53.